The molecule has 8 heteroatoms. The third-order valence-electron chi connectivity index (χ3n) is 7.19. The minimum absolute atomic E-state index is 0.112. The zero-order chi connectivity index (χ0) is 26.3. The van der Waals surface area contributed by atoms with Gasteiger partial charge in [-0.05, 0) is 23.3 Å². The Labute approximate surface area is 223 Å². The van der Waals surface area contributed by atoms with E-state index in [0.29, 0.717) is 58.1 Å². The van der Waals surface area contributed by atoms with Crippen molar-refractivity contribution in [3.63, 3.8) is 0 Å². The van der Waals surface area contributed by atoms with Crippen molar-refractivity contribution in [1.82, 2.24) is 19.6 Å². The molecule has 194 valence electrons. The van der Waals surface area contributed by atoms with Crippen LogP contribution in [0.3, 0.4) is 0 Å². The molecule has 2 amide bonds. The van der Waals surface area contributed by atoms with Crippen molar-refractivity contribution < 1.29 is 14.0 Å². The summed E-state index contributed by atoms with van der Waals surface area (Å²) in [7, 11) is 0. The van der Waals surface area contributed by atoms with Gasteiger partial charge in [0.15, 0.2) is 5.76 Å². The van der Waals surface area contributed by atoms with Crippen LogP contribution in [0.25, 0.3) is 0 Å². The predicted molar refractivity (Wildman–Crippen MR) is 143 cm³/mol. The van der Waals surface area contributed by atoms with Crippen LogP contribution in [0.1, 0.15) is 27.7 Å². The van der Waals surface area contributed by atoms with E-state index in [1.54, 1.807) is 28.1 Å². The van der Waals surface area contributed by atoms with Gasteiger partial charge in [-0.1, -0.05) is 60.7 Å². The van der Waals surface area contributed by atoms with Crippen LogP contribution in [-0.4, -0.2) is 83.8 Å². The molecule has 3 heterocycles. The number of benzene rings is 2. The third-order valence-corrected chi connectivity index (χ3v) is 7.19. The van der Waals surface area contributed by atoms with Crippen molar-refractivity contribution in [2.45, 2.75) is 6.04 Å². The van der Waals surface area contributed by atoms with E-state index in [-0.39, 0.29) is 23.4 Å². The zero-order valence-corrected chi connectivity index (χ0v) is 21.3. The van der Waals surface area contributed by atoms with Gasteiger partial charge in [-0.2, -0.15) is 5.26 Å². The van der Waals surface area contributed by atoms with E-state index in [1.807, 2.05) is 17.0 Å². The fraction of sp³-hybridized carbons (Fsp3) is 0.300. The number of rotatable bonds is 6. The molecule has 2 aliphatic heterocycles. The SMILES string of the molecule is N#C/C(=C/N1CCN(C(=O)c2ccco2)CC1)C(=O)N1CCN(C(c2ccccc2)c2ccccc2)CC1. The van der Waals surface area contributed by atoms with E-state index in [1.165, 1.54) is 17.4 Å². The van der Waals surface area contributed by atoms with Crippen LogP contribution in [0.4, 0.5) is 0 Å². The number of amides is 2. The zero-order valence-electron chi connectivity index (χ0n) is 21.3. The molecule has 38 heavy (non-hydrogen) atoms. The molecule has 0 spiro atoms. The summed E-state index contributed by atoms with van der Waals surface area (Å²) in [4.78, 5) is 33.6. The van der Waals surface area contributed by atoms with E-state index in [9.17, 15) is 14.9 Å². The second-order valence-corrected chi connectivity index (χ2v) is 9.51. The van der Waals surface area contributed by atoms with E-state index < -0.39 is 0 Å². The Bertz CT molecular complexity index is 1250. The van der Waals surface area contributed by atoms with E-state index in [0.717, 1.165) is 0 Å². The van der Waals surface area contributed by atoms with Crippen LogP contribution in [0.15, 0.2) is 95.2 Å². The second-order valence-electron chi connectivity index (χ2n) is 9.51. The second kappa shape index (κ2) is 11.8. The maximum absolute atomic E-state index is 13.3. The molecule has 0 atom stereocenters. The Balaban J connectivity index is 1.20. The first-order valence-corrected chi connectivity index (χ1v) is 13.0. The molecule has 0 bridgehead atoms. The number of hydrogen-bond acceptors (Lipinski definition) is 6. The quantitative estimate of drug-likeness (QED) is 0.374. The van der Waals surface area contributed by atoms with Gasteiger partial charge in [0.05, 0.1) is 12.3 Å². The number of nitrogens with zero attached hydrogens (tertiary/aromatic N) is 5. The normalized spacial score (nSPS) is 16.9. The van der Waals surface area contributed by atoms with Gasteiger partial charge in [-0.15, -0.1) is 0 Å². The summed E-state index contributed by atoms with van der Waals surface area (Å²) in [5, 5.41) is 9.78. The van der Waals surface area contributed by atoms with Gasteiger partial charge in [0, 0.05) is 58.6 Å². The Hall–Kier alpha value is -4.35. The Morgan fingerprint density at radius 1 is 0.763 bits per heavy atom. The summed E-state index contributed by atoms with van der Waals surface area (Å²) in [5.74, 6) is -0.0580. The molecule has 2 aliphatic rings. The Kier molecular flexibility index (Phi) is 7.86. The molecule has 0 unspecified atom stereocenters. The molecule has 2 fully saturated rings. The van der Waals surface area contributed by atoms with Gasteiger partial charge in [0.25, 0.3) is 11.8 Å². The van der Waals surface area contributed by atoms with E-state index in [4.69, 9.17) is 4.42 Å². The lowest BCUT2D eigenvalue weighted by atomic mass is 9.96. The first-order valence-electron chi connectivity index (χ1n) is 13.0. The molecule has 0 saturated carbocycles. The molecule has 2 aromatic carbocycles. The summed E-state index contributed by atoms with van der Waals surface area (Å²) < 4.78 is 5.21. The summed E-state index contributed by atoms with van der Waals surface area (Å²) in [6.45, 7) is 4.64. The van der Waals surface area contributed by atoms with Crippen molar-refractivity contribution in [3.05, 3.63) is 108 Å². The summed E-state index contributed by atoms with van der Waals surface area (Å²) in [6, 6.07) is 26.4. The molecule has 0 radical (unpaired) electrons. The van der Waals surface area contributed by atoms with Gasteiger partial charge in [-0.3, -0.25) is 14.5 Å². The fourth-order valence-electron chi connectivity index (χ4n) is 5.16. The standard InChI is InChI=1S/C30H31N5O3/c31-22-26(23-32-13-15-35(16-14-32)30(37)27-12-7-21-38-27)29(36)34-19-17-33(18-20-34)28(24-8-3-1-4-9-24)25-10-5-2-6-11-25/h1-12,21,23,28H,13-20H2/b26-23-. The van der Waals surface area contributed by atoms with Crippen molar-refractivity contribution in [3.8, 4) is 6.07 Å². The van der Waals surface area contributed by atoms with Crippen LogP contribution in [0.2, 0.25) is 0 Å². The van der Waals surface area contributed by atoms with Crippen LogP contribution in [0, 0.1) is 11.3 Å². The van der Waals surface area contributed by atoms with Gasteiger partial charge in [-0.25, -0.2) is 0 Å². The lowest BCUT2D eigenvalue weighted by molar-refractivity contribution is -0.128. The minimum atomic E-state index is -0.239. The molecule has 8 nitrogen and oxygen atoms in total. The van der Waals surface area contributed by atoms with Gasteiger partial charge < -0.3 is 19.1 Å². The predicted octanol–water partition coefficient (Wildman–Crippen LogP) is 3.38. The van der Waals surface area contributed by atoms with E-state index in [2.05, 4.69) is 59.5 Å². The largest absolute Gasteiger partial charge is 0.459 e. The molecule has 5 rings (SSSR count). The number of furan rings is 1. The van der Waals surface area contributed by atoms with Gasteiger partial charge in [0.2, 0.25) is 0 Å². The van der Waals surface area contributed by atoms with Gasteiger partial charge >= 0.3 is 0 Å². The maximum Gasteiger partial charge on any atom is 0.289 e. The molecular weight excluding hydrogens is 478 g/mol. The monoisotopic (exact) mass is 509 g/mol. The molecule has 1 aromatic heterocycles. The molecule has 0 N–H and O–H groups in total. The average molecular weight is 510 g/mol. The summed E-state index contributed by atoms with van der Waals surface area (Å²) in [6.07, 6.45) is 3.14. The first-order chi connectivity index (χ1) is 18.6. The summed E-state index contributed by atoms with van der Waals surface area (Å²) in [5.41, 5.74) is 2.58. The molecule has 0 aliphatic carbocycles. The topological polar surface area (TPSA) is 84.0 Å². The van der Waals surface area contributed by atoms with Crippen molar-refractivity contribution in [1.29, 1.82) is 5.26 Å². The molecule has 2 saturated heterocycles. The third kappa shape index (κ3) is 5.63. The molecular formula is C30H31N5O3. The van der Waals surface area contributed by atoms with Gasteiger partial charge in [0.1, 0.15) is 11.6 Å². The average Bonchev–Trinajstić information content (AvgIpc) is 3.52. The van der Waals surface area contributed by atoms with Crippen LogP contribution >= 0.6 is 0 Å². The minimum Gasteiger partial charge on any atom is -0.459 e. The van der Waals surface area contributed by atoms with E-state index >= 15 is 0 Å². The number of carbonyl (C=O) groups excluding carboxylic acids is 2. The number of carbonyl (C=O) groups is 2. The summed E-state index contributed by atoms with van der Waals surface area (Å²) >= 11 is 0. The van der Waals surface area contributed by atoms with Crippen LogP contribution in [0.5, 0.6) is 0 Å². The lowest BCUT2D eigenvalue weighted by Gasteiger charge is -2.40. The highest BCUT2D eigenvalue weighted by Crippen LogP contribution is 2.29. The Morgan fingerprint density at radius 3 is 1.87 bits per heavy atom. The number of hydrogen-bond donors (Lipinski definition) is 0. The highest BCUT2D eigenvalue weighted by atomic mass is 16.3. The number of piperazine rings is 2. The van der Waals surface area contributed by atoms with Crippen molar-refractivity contribution in [2.24, 2.45) is 0 Å². The highest BCUT2D eigenvalue weighted by molar-refractivity contribution is 5.97. The fourth-order valence-corrected chi connectivity index (χ4v) is 5.16. The van der Waals surface area contributed by atoms with Crippen molar-refractivity contribution >= 4 is 11.8 Å². The smallest absolute Gasteiger partial charge is 0.289 e. The van der Waals surface area contributed by atoms with Crippen LogP contribution < -0.4 is 0 Å². The number of nitriles is 1. The molecule has 3 aromatic rings. The first kappa shape index (κ1) is 25.3. The van der Waals surface area contributed by atoms with Crippen LogP contribution in [-0.2, 0) is 4.79 Å². The Morgan fingerprint density at radius 2 is 1.34 bits per heavy atom. The maximum atomic E-state index is 13.3. The van der Waals surface area contributed by atoms with Crippen molar-refractivity contribution in [2.75, 3.05) is 52.4 Å². The highest BCUT2D eigenvalue weighted by Gasteiger charge is 2.30. The lowest BCUT2D eigenvalue weighted by Crippen LogP contribution is -2.50.